The van der Waals surface area contributed by atoms with Gasteiger partial charge in [0.15, 0.2) is 0 Å². The zero-order valence-electron chi connectivity index (χ0n) is 11.6. The predicted octanol–water partition coefficient (Wildman–Crippen LogP) is 2.01. The molecule has 0 saturated carbocycles. The van der Waals surface area contributed by atoms with Crippen molar-refractivity contribution in [3.63, 3.8) is 0 Å². The van der Waals surface area contributed by atoms with Crippen LogP contribution in [0.5, 0.6) is 0 Å². The minimum absolute atomic E-state index is 0.128. The maximum Gasteiger partial charge on any atom is 0.304 e. The zero-order chi connectivity index (χ0) is 15.5. The topological polar surface area (TPSA) is 74.7 Å². The van der Waals surface area contributed by atoms with Crippen LogP contribution in [0.3, 0.4) is 0 Å². The Bertz CT molecular complexity index is 598. The molecule has 112 valence electrons. The standard InChI is InChI=1S/C13H18FNO4S/c1-9(2)15(7-6-13(16)17)20(18,19)12-8-11(14)5-4-10(12)3/h4-5,8-9H,6-7H2,1-3H3,(H,16,17). The van der Waals surface area contributed by atoms with Crippen molar-refractivity contribution in [2.75, 3.05) is 6.54 Å². The molecule has 0 bridgehead atoms. The average molecular weight is 303 g/mol. The molecule has 1 rings (SSSR count). The van der Waals surface area contributed by atoms with E-state index in [1.807, 2.05) is 0 Å². The molecule has 1 N–H and O–H groups in total. The van der Waals surface area contributed by atoms with Crippen LogP contribution in [-0.4, -0.2) is 36.4 Å². The van der Waals surface area contributed by atoms with Crippen molar-refractivity contribution in [2.45, 2.75) is 38.1 Å². The first-order valence-electron chi connectivity index (χ1n) is 6.16. The van der Waals surface area contributed by atoms with Gasteiger partial charge in [0.25, 0.3) is 0 Å². The van der Waals surface area contributed by atoms with E-state index < -0.39 is 27.9 Å². The molecular formula is C13H18FNO4S. The Balaban J connectivity index is 3.22. The van der Waals surface area contributed by atoms with E-state index >= 15 is 0 Å². The van der Waals surface area contributed by atoms with Crippen molar-refractivity contribution in [3.8, 4) is 0 Å². The Morgan fingerprint density at radius 2 is 2.00 bits per heavy atom. The minimum Gasteiger partial charge on any atom is -0.481 e. The fourth-order valence-corrected chi connectivity index (χ4v) is 3.72. The van der Waals surface area contributed by atoms with Crippen LogP contribution >= 0.6 is 0 Å². The maximum absolute atomic E-state index is 13.3. The molecule has 0 aliphatic carbocycles. The highest BCUT2D eigenvalue weighted by molar-refractivity contribution is 7.89. The second-order valence-corrected chi connectivity index (χ2v) is 6.62. The smallest absolute Gasteiger partial charge is 0.304 e. The van der Waals surface area contributed by atoms with Gasteiger partial charge in [0.1, 0.15) is 5.82 Å². The van der Waals surface area contributed by atoms with Crippen LogP contribution in [0.2, 0.25) is 0 Å². The molecule has 7 heteroatoms. The van der Waals surface area contributed by atoms with Gasteiger partial charge in [-0.3, -0.25) is 4.79 Å². The van der Waals surface area contributed by atoms with Crippen LogP contribution in [0, 0.1) is 12.7 Å². The molecule has 0 heterocycles. The molecule has 0 aromatic heterocycles. The fourth-order valence-electron chi connectivity index (χ4n) is 1.84. The third kappa shape index (κ3) is 3.77. The van der Waals surface area contributed by atoms with Gasteiger partial charge in [0, 0.05) is 12.6 Å². The normalized spacial score (nSPS) is 12.1. The minimum atomic E-state index is -3.92. The summed E-state index contributed by atoms with van der Waals surface area (Å²) in [6, 6.07) is 3.12. The lowest BCUT2D eigenvalue weighted by Gasteiger charge is -2.26. The Hall–Kier alpha value is -1.47. The Kier molecular flexibility index (Phi) is 5.24. The third-order valence-electron chi connectivity index (χ3n) is 2.86. The summed E-state index contributed by atoms with van der Waals surface area (Å²) in [5.41, 5.74) is 0.423. The maximum atomic E-state index is 13.3. The zero-order valence-corrected chi connectivity index (χ0v) is 12.4. The molecule has 0 amide bonds. The third-order valence-corrected chi connectivity index (χ3v) is 5.08. The molecule has 1 aromatic rings. The molecular weight excluding hydrogens is 285 g/mol. The van der Waals surface area contributed by atoms with Crippen LogP contribution < -0.4 is 0 Å². The van der Waals surface area contributed by atoms with Crippen molar-refractivity contribution < 1.29 is 22.7 Å². The summed E-state index contributed by atoms with van der Waals surface area (Å²) < 4.78 is 39.4. The molecule has 0 radical (unpaired) electrons. The number of carbonyl (C=O) groups is 1. The van der Waals surface area contributed by atoms with E-state index in [1.54, 1.807) is 20.8 Å². The van der Waals surface area contributed by atoms with Crippen molar-refractivity contribution in [3.05, 3.63) is 29.6 Å². The fraction of sp³-hybridized carbons (Fsp3) is 0.462. The second kappa shape index (κ2) is 6.32. The molecule has 20 heavy (non-hydrogen) atoms. The lowest BCUT2D eigenvalue weighted by Crippen LogP contribution is -2.38. The van der Waals surface area contributed by atoms with Crippen molar-refractivity contribution >= 4 is 16.0 Å². The summed E-state index contributed by atoms with van der Waals surface area (Å²) in [4.78, 5) is 10.5. The van der Waals surface area contributed by atoms with Gasteiger partial charge in [-0.2, -0.15) is 4.31 Å². The van der Waals surface area contributed by atoms with Gasteiger partial charge in [-0.15, -0.1) is 0 Å². The summed E-state index contributed by atoms with van der Waals surface area (Å²) >= 11 is 0. The SMILES string of the molecule is Cc1ccc(F)cc1S(=O)(=O)N(CCC(=O)O)C(C)C. The summed E-state index contributed by atoms with van der Waals surface area (Å²) in [7, 11) is -3.92. The summed E-state index contributed by atoms with van der Waals surface area (Å²) in [6.45, 7) is 4.72. The van der Waals surface area contributed by atoms with Crippen LogP contribution in [0.15, 0.2) is 23.1 Å². The Labute approximate surface area is 118 Å². The Morgan fingerprint density at radius 1 is 1.40 bits per heavy atom. The molecule has 0 aliphatic heterocycles. The highest BCUT2D eigenvalue weighted by atomic mass is 32.2. The Morgan fingerprint density at radius 3 is 2.50 bits per heavy atom. The first kappa shape index (κ1) is 16.6. The van der Waals surface area contributed by atoms with Gasteiger partial charge in [-0.1, -0.05) is 6.07 Å². The molecule has 0 saturated heterocycles. The first-order chi connectivity index (χ1) is 9.16. The number of aryl methyl sites for hydroxylation is 1. The molecule has 0 spiro atoms. The molecule has 0 aliphatic rings. The lowest BCUT2D eigenvalue weighted by atomic mass is 10.2. The molecule has 0 fully saturated rings. The average Bonchev–Trinajstić information content (AvgIpc) is 2.31. The van der Waals surface area contributed by atoms with Crippen molar-refractivity contribution in [1.29, 1.82) is 0 Å². The summed E-state index contributed by atoms with van der Waals surface area (Å²) in [6.07, 6.45) is -0.300. The molecule has 1 aromatic carbocycles. The van der Waals surface area contributed by atoms with Crippen molar-refractivity contribution in [1.82, 2.24) is 4.31 Å². The largest absolute Gasteiger partial charge is 0.481 e. The van der Waals surface area contributed by atoms with E-state index in [2.05, 4.69) is 0 Å². The number of nitrogens with zero attached hydrogens (tertiary/aromatic N) is 1. The van der Waals surface area contributed by atoms with Gasteiger partial charge < -0.3 is 5.11 Å². The van der Waals surface area contributed by atoms with Crippen LogP contribution in [-0.2, 0) is 14.8 Å². The highest BCUT2D eigenvalue weighted by Gasteiger charge is 2.29. The molecule has 0 atom stereocenters. The van der Waals surface area contributed by atoms with Crippen LogP contribution in [0.4, 0.5) is 4.39 Å². The predicted molar refractivity (Wildman–Crippen MR) is 72.4 cm³/mol. The quantitative estimate of drug-likeness (QED) is 0.872. The van der Waals surface area contributed by atoms with Crippen molar-refractivity contribution in [2.24, 2.45) is 0 Å². The number of halogens is 1. The summed E-state index contributed by atoms with van der Waals surface area (Å²) in [5.74, 6) is -1.72. The summed E-state index contributed by atoms with van der Waals surface area (Å²) in [5, 5.41) is 8.70. The molecule has 0 unspecified atom stereocenters. The van der Waals surface area contributed by atoms with Gasteiger partial charge in [-0.25, -0.2) is 12.8 Å². The van der Waals surface area contributed by atoms with E-state index in [1.165, 1.54) is 12.1 Å². The van der Waals surface area contributed by atoms with E-state index in [0.29, 0.717) is 5.56 Å². The first-order valence-corrected chi connectivity index (χ1v) is 7.60. The molecule has 5 nitrogen and oxygen atoms in total. The van der Waals surface area contributed by atoms with Gasteiger partial charge in [0.2, 0.25) is 10.0 Å². The number of carboxylic acid groups (broad SMARTS) is 1. The van der Waals surface area contributed by atoms with E-state index in [0.717, 1.165) is 10.4 Å². The van der Waals surface area contributed by atoms with E-state index in [9.17, 15) is 17.6 Å². The van der Waals surface area contributed by atoms with Gasteiger partial charge in [-0.05, 0) is 38.5 Å². The number of hydrogen-bond donors (Lipinski definition) is 1. The highest BCUT2D eigenvalue weighted by Crippen LogP contribution is 2.23. The number of aliphatic carboxylic acids is 1. The van der Waals surface area contributed by atoms with Crippen LogP contribution in [0.25, 0.3) is 0 Å². The second-order valence-electron chi connectivity index (χ2n) is 4.76. The number of hydrogen-bond acceptors (Lipinski definition) is 3. The number of rotatable bonds is 6. The number of carboxylic acids is 1. The number of benzene rings is 1. The van der Waals surface area contributed by atoms with Crippen LogP contribution in [0.1, 0.15) is 25.8 Å². The van der Waals surface area contributed by atoms with Gasteiger partial charge >= 0.3 is 5.97 Å². The monoisotopic (exact) mass is 303 g/mol. The lowest BCUT2D eigenvalue weighted by molar-refractivity contribution is -0.137. The van der Waals surface area contributed by atoms with E-state index in [4.69, 9.17) is 5.11 Å². The van der Waals surface area contributed by atoms with Gasteiger partial charge in [0.05, 0.1) is 11.3 Å². The van der Waals surface area contributed by atoms with E-state index in [-0.39, 0.29) is 17.9 Å². The number of sulfonamides is 1.